The first-order valence-corrected chi connectivity index (χ1v) is 7.70. The van der Waals surface area contributed by atoms with Crippen LogP contribution in [-0.2, 0) is 4.74 Å². The third-order valence-corrected chi connectivity index (χ3v) is 3.82. The van der Waals surface area contributed by atoms with Crippen molar-refractivity contribution in [1.29, 1.82) is 0 Å². The third kappa shape index (κ3) is 2.72. The Labute approximate surface area is 130 Å². The summed E-state index contributed by atoms with van der Waals surface area (Å²) in [4.78, 5) is 16.5. The number of aromatic nitrogens is 1. The minimum absolute atomic E-state index is 0.267. The SMILES string of the molecule is CCOC(=O)c1oc(-c2cccc(I)c2)nc1C1CC1. The van der Waals surface area contributed by atoms with Crippen LogP contribution in [0.1, 0.15) is 41.9 Å². The fraction of sp³-hybridized carbons (Fsp3) is 0.333. The summed E-state index contributed by atoms with van der Waals surface area (Å²) in [6.07, 6.45) is 2.12. The van der Waals surface area contributed by atoms with Gasteiger partial charge in [-0.2, -0.15) is 0 Å². The van der Waals surface area contributed by atoms with Gasteiger partial charge in [-0.15, -0.1) is 0 Å². The summed E-state index contributed by atoms with van der Waals surface area (Å²) < 4.78 is 11.8. The summed E-state index contributed by atoms with van der Waals surface area (Å²) in [6.45, 7) is 2.12. The van der Waals surface area contributed by atoms with E-state index in [2.05, 4.69) is 27.6 Å². The summed E-state index contributed by atoms with van der Waals surface area (Å²) >= 11 is 2.24. The highest BCUT2D eigenvalue weighted by Crippen LogP contribution is 2.42. The van der Waals surface area contributed by atoms with Crippen molar-refractivity contribution in [1.82, 2.24) is 4.98 Å². The first-order chi connectivity index (χ1) is 9.69. The molecule has 0 atom stereocenters. The molecular weight excluding hydrogens is 369 g/mol. The Bertz CT molecular complexity index is 646. The standard InChI is InChI=1S/C15H14INO3/c1-2-19-15(18)13-12(9-6-7-9)17-14(20-13)10-4-3-5-11(16)8-10/h3-5,8-9H,2,6-7H2,1H3. The van der Waals surface area contributed by atoms with E-state index in [1.807, 2.05) is 24.3 Å². The maximum Gasteiger partial charge on any atom is 0.376 e. The smallest absolute Gasteiger partial charge is 0.376 e. The van der Waals surface area contributed by atoms with Gasteiger partial charge in [0.25, 0.3) is 0 Å². The number of halogens is 1. The van der Waals surface area contributed by atoms with Crippen LogP contribution in [0.2, 0.25) is 0 Å². The number of carbonyl (C=O) groups excluding carboxylic acids is 1. The molecule has 0 aliphatic heterocycles. The molecule has 1 heterocycles. The lowest BCUT2D eigenvalue weighted by atomic mass is 10.2. The lowest BCUT2D eigenvalue weighted by Crippen LogP contribution is -2.05. The first-order valence-electron chi connectivity index (χ1n) is 6.63. The van der Waals surface area contributed by atoms with Crippen LogP contribution in [0.5, 0.6) is 0 Å². The molecule has 1 saturated carbocycles. The number of ether oxygens (including phenoxy) is 1. The van der Waals surface area contributed by atoms with Crippen LogP contribution < -0.4 is 0 Å². The van der Waals surface area contributed by atoms with Gasteiger partial charge in [-0.1, -0.05) is 6.07 Å². The van der Waals surface area contributed by atoms with Crippen LogP contribution >= 0.6 is 22.6 Å². The van der Waals surface area contributed by atoms with Crippen molar-refractivity contribution in [3.63, 3.8) is 0 Å². The number of esters is 1. The molecule has 3 rings (SSSR count). The van der Waals surface area contributed by atoms with Gasteiger partial charge < -0.3 is 9.15 Å². The van der Waals surface area contributed by atoms with E-state index >= 15 is 0 Å². The van der Waals surface area contributed by atoms with E-state index in [0.29, 0.717) is 18.4 Å². The first kappa shape index (κ1) is 13.6. The Morgan fingerprint density at radius 1 is 1.50 bits per heavy atom. The minimum atomic E-state index is -0.418. The summed E-state index contributed by atoms with van der Waals surface area (Å²) in [6, 6.07) is 7.86. The second-order valence-corrected chi connectivity index (χ2v) is 5.98. The van der Waals surface area contributed by atoms with E-state index in [9.17, 15) is 4.79 Å². The van der Waals surface area contributed by atoms with Crippen molar-refractivity contribution < 1.29 is 13.9 Å². The van der Waals surface area contributed by atoms with E-state index in [-0.39, 0.29) is 5.76 Å². The Morgan fingerprint density at radius 2 is 2.30 bits per heavy atom. The van der Waals surface area contributed by atoms with Crippen LogP contribution in [0, 0.1) is 3.57 Å². The molecule has 0 saturated heterocycles. The van der Waals surface area contributed by atoms with Crippen LogP contribution in [0.25, 0.3) is 11.5 Å². The molecular formula is C15H14INO3. The summed E-state index contributed by atoms with van der Waals surface area (Å²) in [5.41, 5.74) is 1.63. The van der Waals surface area contributed by atoms with Gasteiger partial charge in [0.05, 0.1) is 12.3 Å². The molecule has 1 aliphatic carbocycles. The molecule has 1 aromatic heterocycles. The number of oxazole rings is 1. The number of carbonyl (C=O) groups is 1. The van der Waals surface area contributed by atoms with E-state index in [1.165, 1.54) is 0 Å². The van der Waals surface area contributed by atoms with Gasteiger partial charge in [0.15, 0.2) is 0 Å². The Kier molecular flexibility index (Phi) is 3.78. The molecule has 0 N–H and O–H groups in total. The number of hydrogen-bond donors (Lipinski definition) is 0. The lowest BCUT2D eigenvalue weighted by molar-refractivity contribution is 0.0489. The molecule has 0 unspecified atom stereocenters. The average molecular weight is 383 g/mol. The predicted molar refractivity (Wildman–Crippen MR) is 82.6 cm³/mol. The van der Waals surface area contributed by atoms with Crippen molar-refractivity contribution >= 4 is 28.6 Å². The molecule has 0 bridgehead atoms. The molecule has 1 fully saturated rings. The Morgan fingerprint density at radius 3 is 2.95 bits per heavy atom. The van der Waals surface area contributed by atoms with Crippen LogP contribution in [0.3, 0.4) is 0 Å². The second-order valence-electron chi connectivity index (χ2n) is 4.74. The summed E-state index contributed by atoms with van der Waals surface area (Å²) in [5, 5.41) is 0. The van der Waals surface area contributed by atoms with Gasteiger partial charge in [-0.3, -0.25) is 0 Å². The van der Waals surface area contributed by atoms with E-state index in [4.69, 9.17) is 9.15 Å². The molecule has 4 nitrogen and oxygen atoms in total. The molecule has 104 valence electrons. The summed E-state index contributed by atoms with van der Waals surface area (Å²) in [5.74, 6) is 0.685. The van der Waals surface area contributed by atoms with Crippen molar-refractivity contribution in [3.05, 3.63) is 39.3 Å². The maximum absolute atomic E-state index is 12.0. The fourth-order valence-corrected chi connectivity index (χ4v) is 2.60. The van der Waals surface area contributed by atoms with Crippen LogP contribution in [0.15, 0.2) is 28.7 Å². The van der Waals surface area contributed by atoms with Crippen molar-refractivity contribution in [2.24, 2.45) is 0 Å². The van der Waals surface area contributed by atoms with Crippen molar-refractivity contribution in [2.75, 3.05) is 6.61 Å². The Balaban J connectivity index is 2.00. The number of benzene rings is 1. The van der Waals surface area contributed by atoms with E-state index < -0.39 is 5.97 Å². The molecule has 20 heavy (non-hydrogen) atoms. The van der Waals surface area contributed by atoms with Crippen LogP contribution in [0.4, 0.5) is 0 Å². The number of hydrogen-bond acceptors (Lipinski definition) is 4. The largest absolute Gasteiger partial charge is 0.460 e. The van der Waals surface area contributed by atoms with Crippen LogP contribution in [-0.4, -0.2) is 17.6 Å². The molecule has 0 radical (unpaired) electrons. The normalized spacial score (nSPS) is 14.3. The monoisotopic (exact) mass is 383 g/mol. The number of rotatable bonds is 4. The molecule has 1 aliphatic rings. The molecule has 2 aromatic rings. The lowest BCUT2D eigenvalue weighted by Gasteiger charge is -1.99. The predicted octanol–water partition coefficient (Wildman–Crippen LogP) is 4.00. The topological polar surface area (TPSA) is 52.3 Å². The van der Waals surface area contributed by atoms with Gasteiger partial charge in [0.2, 0.25) is 11.7 Å². The van der Waals surface area contributed by atoms with Gasteiger partial charge >= 0.3 is 5.97 Å². The van der Waals surface area contributed by atoms with Gasteiger partial charge in [0.1, 0.15) is 0 Å². The summed E-state index contributed by atoms with van der Waals surface area (Å²) in [7, 11) is 0. The average Bonchev–Trinajstić information content (AvgIpc) is 3.18. The van der Waals surface area contributed by atoms with E-state index in [1.54, 1.807) is 6.92 Å². The molecule has 1 aromatic carbocycles. The zero-order valence-electron chi connectivity index (χ0n) is 11.1. The van der Waals surface area contributed by atoms with Gasteiger partial charge in [0, 0.05) is 15.1 Å². The van der Waals surface area contributed by atoms with E-state index in [0.717, 1.165) is 27.7 Å². The molecule has 0 amide bonds. The van der Waals surface area contributed by atoms with Crippen molar-refractivity contribution in [3.8, 4) is 11.5 Å². The second kappa shape index (κ2) is 5.55. The maximum atomic E-state index is 12.0. The van der Waals surface area contributed by atoms with Crippen molar-refractivity contribution in [2.45, 2.75) is 25.7 Å². The fourth-order valence-electron chi connectivity index (χ4n) is 2.05. The Hall–Kier alpha value is -1.37. The zero-order valence-corrected chi connectivity index (χ0v) is 13.2. The minimum Gasteiger partial charge on any atom is -0.460 e. The highest BCUT2D eigenvalue weighted by Gasteiger charge is 2.34. The highest BCUT2D eigenvalue weighted by atomic mass is 127. The number of nitrogens with zero attached hydrogens (tertiary/aromatic N) is 1. The van der Waals surface area contributed by atoms with Gasteiger partial charge in [-0.25, -0.2) is 9.78 Å². The quantitative estimate of drug-likeness (QED) is 0.592. The highest BCUT2D eigenvalue weighted by molar-refractivity contribution is 14.1. The molecule has 0 spiro atoms. The zero-order chi connectivity index (χ0) is 14.1. The van der Waals surface area contributed by atoms with Gasteiger partial charge in [-0.05, 0) is 60.6 Å². The molecule has 5 heteroatoms. The third-order valence-electron chi connectivity index (χ3n) is 3.15.